The first-order chi connectivity index (χ1) is 6.69. The number of aryl methyl sites for hydroxylation is 1. The van der Waals surface area contributed by atoms with Crippen molar-refractivity contribution in [3.63, 3.8) is 0 Å². The fourth-order valence-corrected chi connectivity index (χ4v) is 1.42. The summed E-state index contributed by atoms with van der Waals surface area (Å²) in [5.41, 5.74) is 6.49. The minimum absolute atomic E-state index is 0.198. The maximum absolute atomic E-state index is 8.75. The fraction of sp³-hybridized carbons (Fsp3) is 0.667. The molecule has 0 spiro atoms. The van der Waals surface area contributed by atoms with E-state index in [9.17, 15) is 0 Å². The van der Waals surface area contributed by atoms with E-state index < -0.39 is 0 Å². The molecule has 0 unspecified atom stereocenters. The van der Waals surface area contributed by atoms with Crippen molar-refractivity contribution in [3.8, 4) is 0 Å². The lowest BCUT2D eigenvalue weighted by atomic mass is 10.3. The van der Waals surface area contributed by atoms with Crippen molar-refractivity contribution < 1.29 is 5.11 Å². The van der Waals surface area contributed by atoms with Gasteiger partial charge >= 0.3 is 0 Å². The van der Waals surface area contributed by atoms with Crippen molar-refractivity contribution in [1.29, 1.82) is 0 Å². The predicted molar refractivity (Wildman–Crippen MR) is 57.2 cm³/mol. The molecule has 0 aliphatic heterocycles. The van der Waals surface area contributed by atoms with E-state index >= 15 is 0 Å². The number of nitrogens with zero attached hydrogens (tertiary/aromatic N) is 3. The van der Waals surface area contributed by atoms with Crippen molar-refractivity contribution in [2.24, 2.45) is 7.05 Å². The number of anilines is 2. The van der Waals surface area contributed by atoms with Gasteiger partial charge in [-0.2, -0.15) is 5.10 Å². The minimum atomic E-state index is 0.198. The molecule has 0 fully saturated rings. The molecule has 3 N–H and O–H groups in total. The Kier molecular flexibility index (Phi) is 3.76. The zero-order valence-electron chi connectivity index (χ0n) is 8.77. The summed E-state index contributed by atoms with van der Waals surface area (Å²) in [7, 11) is 1.85. The van der Waals surface area contributed by atoms with Crippen LogP contribution in [0.2, 0.25) is 0 Å². The van der Waals surface area contributed by atoms with E-state index in [1.54, 1.807) is 10.9 Å². The summed E-state index contributed by atoms with van der Waals surface area (Å²) in [6, 6.07) is 0. The van der Waals surface area contributed by atoms with Crippen molar-refractivity contribution >= 4 is 11.5 Å². The molecule has 0 bridgehead atoms. The van der Waals surface area contributed by atoms with Crippen LogP contribution in [0.15, 0.2) is 6.20 Å². The van der Waals surface area contributed by atoms with Crippen LogP contribution in [0.25, 0.3) is 0 Å². The van der Waals surface area contributed by atoms with Crippen LogP contribution >= 0.6 is 0 Å². The van der Waals surface area contributed by atoms with Gasteiger partial charge in [-0.05, 0) is 13.3 Å². The number of hydrogen-bond donors (Lipinski definition) is 2. The number of nitrogen functional groups attached to an aromatic ring is 1. The Bertz CT molecular complexity index is 284. The molecule has 0 saturated carbocycles. The number of aromatic nitrogens is 2. The van der Waals surface area contributed by atoms with Crippen LogP contribution in [-0.2, 0) is 7.05 Å². The minimum Gasteiger partial charge on any atom is -0.396 e. The zero-order valence-corrected chi connectivity index (χ0v) is 8.77. The molecule has 1 aromatic rings. The molecule has 0 aromatic carbocycles. The van der Waals surface area contributed by atoms with E-state index in [2.05, 4.69) is 10.00 Å². The van der Waals surface area contributed by atoms with Gasteiger partial charge in [0.15, 0.2) is 5.82 Å². The third-order valence-corrected chi connectivity index (χ3v) is 2.10. The van der Waals surface area contributed by atoms with Crippen LogP contribution in [0.1, 0.15) is 13.3 Å². The van der Waals surface area contributed by atoms with Gasteiger partial charge in [0.05, 0.1) is 5.69 Å². The van der Waals surface area contributed by atoms with Crippen LogP contribution in [-0.4, -0.2) is 34.6 Å². The lowest BCUT2D eigenvalue weighted by molar-refractivity contribution is 0.289. The lowest BCUT2D eigenvalue weighted by Crippen LogP contribution is -2.25. The quantitative estimate of drug-likeness (QED) is 0.710. The SMILES string of the molecule is CCN(CCCO)c1nn(C)cc1N. The van der Waals surface area contributed by atoms with Gasteiger partial charge in [-0.1, -0.05) is 0 Å². The second-order valence-electron chi connectivity index (χ2n) is 3.24. The smallest absolute Gasteiger partial charge is 0.173 e. The summed E-state index contributed by atoms with van der Waals surface area (Å²) < 4.78 is 1.70. The summed E-state index contributed by atoms with van der Waals surface area (Å²) in [4.78, 5) is 2.06. The Hall–Kier alpha value is -1.23. The topological polar surface area (TPSA) is 67.3 Å². The summed E-state index contributed by atoms with van der Waals surface area (Å²) in [5, 5.41) is 13.0. The largest absolute Gasteiger partial charge is 0.396 e. The second-order valence-corrected chi connectivity index (χ2v) is 3.24. The first-order valence-electron chi connectivity index (χ1n) is 4.84. The molecule has 0 aliphatic carbocycles. The van der Waals surface area contributed by atoms with Gasteiger partial charge < -0.3 is 15.7 Å². The van der Waals surface area contributed by atoms with Crippen LogP contribution in [0.5, 0.6) is 0 Å². The second kappa shape index (κ2) is 4.85. The van der Waals surface area contributed by atoms with Crippen molar-refractivity contribution in [1.82, 2.24) is 9.78 Å². The molecule has 1 rings (SSSR count). The molecule has 1 heterocycles. The normalized spacial score (nSPS) is 10.5. The third-order valence-electron chi connectivity index (χ3n) is 2.10. The molecule has 0 aliphatic rings. The molecule has 0 atom stereocenters. The first-order valence-corrected chi connectivity index (χ1v) is 4.84. The molecule has 14 heavy (non-hydrogen) atoms. The van der Waals surface area contributed by atoms with E-state index in [4.69, 9.17) is 10.8 Å². The molecular weight excluding hydrogens is 180 g/mol. The van der Waals surface area contributed by atoms with Crippen molar-refractivity contribution in [3.05, 3.63) is 6.20 Å². The molecule has 0 radical (unpaired) electrons. The highest BCUT2D eigenvalue weighted by Gasteiger charge is 2.11. The van der Waals surface area contributed by atoms with Crippen LogP contribution < -0.4 is 10.6 Å². The number of hydrogen-bond acceptors (Lipinski definition) is 4. The number of aliphatic hydroxyl groups is 1. The molecular formula is C9H18N4O. The maximum Gasteiger partial charge on any atom is 0.173 e. The number of nitrogens with two attached hydrogens (primary N) is 1. The molecule has 5 heteroatoms. The Balaban J connectivity index is 2.72. The van der Waals surface area contributed by atoms with Crippen molar-refractivity contribution in [2.45, 2.75) is 13.3 Å². The maximum atomic E-state index is 8.75. The number of aliphatic hydroxyl groups excluding tert-OH is 1. The van der Waals surface area contributed by atoms with Gasteiger partial charge in [0.2, 0.25) is 0 Å². The van der Waals surface area contributed by atoms with Gasteiger partial charge in [-0.3, -0.25) is 4.68 Å². The van der Waals surface area contributed by atoms with Gasteiger partial charge in [-0.25, -0.2) is 0 Å². The van der Waals surface area contributed by atoms with E-state index in [1.165, 1.54) is 0 Å². The third kappa shape index (κ3) is 2.38. The van der Waals surface area contributed by atoms with E-state index in [0.717, 1.165) is 25.3 Å². The van der Waals surface area contributed by atoms with Gasteiger partial charge in [0, 0.05) is 32.9 Å². The Labute approximate surface area is 84.1 Å². The molecule has 0 amide bonds. The zero-order chi connectivity index (χ0) is 10.6. The van der Waals surface area contributed by atoms with E-state index in [-0.39, 0.29) is 6.61 Å². The summed E-state index contributed by atoms with van der Waals surface area (Å²) in [6.07, 6.45) is 2.53. The monoisotopic (exact) mass is 198 g/mol. The summed E-state index contributed by atoms with van der Waals surface area (Å²) >= 11 is 0. The van der Waals surface area contributed by atoms with Crippen LogP contribution in [0, 0.1) is 0 Å². The highest BCUT2D eigenvalue weighted by Crippen LogP contribution is 2.19. The molecule has 0 saturated heterocycles. The highest BCUT2D eigenvalue weighted by atomic mass is 16.3. The predicted octanol–water partition coefficient (Wildman–Crippen LogP) is 0.211. The highest BCUT2D eigenvalue weighted by molar-refractivity contribution is 5.61. The van der Waals surface area contributed by atoms with Gasteiger partial charge in [-0.15, -0.1) is 0 Å². The Morgan fingerprint density at radius 2 is 2.36 bits per heavy atom. The lowest BCUT2D eigenvalue weighted by Gasteiger charge is -2.20. The van der Waals surface area contributed by atoms with Crippen LogP contribution in [0.3, 0.4) is 0 Å². The van der Waals surface area contributed by atoms with E-state index in [1.807, 2.05) is 14.0 Å². The van der Waals surface area contributed by atoms with Crippen molar-refractivity contribution in [2.75, 3.05) is 30.3 Å². The van der Waals surface area contributed by atoms with Crippen LogP contribution in [0.4, 0.5) is 11.5 Å². The average Bonchev–Trinajstić information content (AvgIpc) is 2.47. The molecule has 80 valence electrons. The Morgan fingerprint density at radius 1 is 1.64 bits per heavy atom. The fourth-order valence-electron chi connectivity index (χ4n) is 1.42. The first kappa shape index (κ1) is 10.8. The summed E-state index contributed by atoms with van der Waals surface area (Å²) in [6.45, 7) is 3.88. The average molecular weight is 198 g/mol. The number of rotatable bonds is 5. The van der Waals surface area contributed by atoms with Gasteiger partial charge in [0.1, 0.15) is 0 Å². The Morgan fingerprint density at radius 3 is 2.79 bits per heavy atom. The molecule has 1 aromatic heterocycles. The van der Waals surface area contributed by atoms with E-state index in [0.29, 0.717) is 5.69 Å². The van der Waals surface area contributed by atoms with Gasteiger partial charge in [0.25, 0.3) is 0 Å². The molecule has 5 nitrogen and oxygen atoms in total. The standard InChI is InChI=1S/C9H18N4O/c1-3-13(5-4-6-14)9-8(10)7-12(2)11-9/h7,14H,3-6,10H2,1-2H3. The summed E-state index contributed by atoms with van der Waals surface area (Å²) in [5.74, 6) is 0.809.